The highest BCUT2D eigenvalue weighted by Crippen LogP contribution is 2.27. The van der Waals surface area contributed by atoms with Crippen LogP contribution in [-0.4, -0.2) is 24.1 Å². The fourth-order valence-corrected chi connectivity index (χ4v) is 4.34. The molecule has 3 N–H and O–H groups in total. The van der Waals surface area contributed by atoms with E-state index in [1.807, 2.05) is 58.9 Å². The molecule has 3 rings (SSSR count). The highest BCUT2D eigenvalue weighted by atomic mass is 32.2. The molecule has 3 aromatic rings. The topological polar surface area (TPSA) is 107 Å². The van der Waals surface area contributed by atoms with E-state index in [2.05, 4.69) is 9.82 Å². The maximum Gasteiger partial charge on any atom is 0.283 e. The summed E-state index contributed by atoms with van der Waals surface area (Å²) in [5.41, 5.74) is 8.60. The van der Waals surface area contributed by atoms with Gasteiger partial charge >= 0.3 is 0 Å². The van der Waals surface area contributed by atoms with E-state index in [4.69, 9.17) is 5.73 Å². The van der Waals surface area contributed by atoms with E-state index in [1.54, 1.807) is 16.8 Å². The van der Waals surface area contributed by atoms with Crippen molar-refractivity contribution in [2.45, 2.75) is 51.0 Å². The van der Waals surface area contributed by atoms with Gasteiger partial charge in [-0.05, 0) is 49.2 Å². The Labute approximate surface area is 183 Å². The minimum absolute atomic E-state index is 0.0742. The van der Waals surface area contributed by atoms with Crippen molar-refractivity contribution in [2.24, 2.45) is 0 Å². The number of nitrogens with two attached hydrogens (primary N) is 1. The molecule has 1 unspecified atom stereocenters. The van der Waals surface area contributed by atoms with Crippen LogP contribution in [0.5, 0.6) is 0 Å². The Morgan fingerprint density at radius 2 is 1.77 bits per heavy atom. The first-order chi connectivity index (χ1) is 14.4. The van der Waals surface area contributed by atoms with E-state index in [0.717, 1.165) is 11.1 Å². The van der Waals surface area contributed by atoms with Crippen LogP contribution in [-0.2, 0) is 15.4 Å². The number of anilines is 1. The lowest BCUT2D eigenvalue weighted by Gasteiger charge is -2.19. The van der Waals surface area contributed by atoms with Crippen LogP contribution in [0, 0.1) is 6.92 Å². The fourth-order valence-electron chi connectivity index (χ4n) is 3.33. The SMILES string of the molecule is Cc1ccccc1C(C)n1nc(C(C)(C)C)cc1C(=O)NS(=O)(=O)c1cccc(N)c1. The van der Waals surface area contributed by atoms with Gasteiger partial charge in [-0.1, -0.05) is 51.1 Å². The van der Waals surface area contributed by atoms with Crippen LogP contribution in [0.2, 0.25) is 0 Å². The van der Waals surface area contributed by atoms with Gasteiger partial charge < -0.3 is 5.73 Å². The van der Waals surface area contributed by atoms with Crippen molar-refractivity contribution in [1.29, 1.82) is 0 Å². The minimum Gasteiger partial charge on any atom is -0.399 e. The molecule has 31 heavy (non-hydrogen) atoms. The molecule has 1 aromatic heterocycles. The van der Waals surface area contributed by atoms with E-state index in [9.17, 15) is 13.2 Å². The van der Waals surface area contributed by atoms with Crippen LogP contribution in [0.25, 0.3) is 0 Å². The van der Waals surface area contributed by atoms with Crippen molar-refractivity contribution in [2.75, 3.05) is 5.73 Å². The van der Waals surface area contributed by atoms with E-state index in [1.165, 1.54) is 18.2 Å². The fraction of sp³-hybridized carbons (Fsp3) is 0.304. The molecule has 0 aliphatic carbocycles. The van der Waals surface area contributed by atoms with Gasteiger partial charge in [0.25, 0.3) is 15.9 Å². The lowest BCUT2D eigenvalue weighted by Crippen LogP contribution is -2.33. The van der Waals surface area contributed by atoms with Crippen molar-refractivity contribution in [3.63, 3.8) is 0 Å². The lowest BCUT2D eigenvalue weighted by molar-refractivity contribution is 0.0969. The van der Waals surface area contributed by atoms with Gasteiger partial charge in [-0.25, -0.2) is 13.1 Å². The normalized spacial score (nSPS) is 13.1. The van der Waals surface area contributed by atoms with Crippen molar-refractivity contribution >= 4 is 21.6 Å². The quantitative estimate of drug-likeness (QED) is 0.587. The summed E-state index contributed by atoms with van der Waals surface area (Å²) < 4.78 is 29.3. The molecule has 1 amide bonds. The first-order valence-electron chi connectivity index (χ1n) is 9.98. The smallest absolute Gasteiger partial charge is 0.283 e. The molecule has 0 saturated carbocycles. The molecular weight excluding hydrogens is 412 g/mol. The highest BCUT2D eigenvalue weighted by Gasteiger charge is 2.28. The zero-order valence-electron chi connectivity index (χ0n) is 18.4. The number of rotatable bonds is 5. The molecule has 1 atom stereocenters. The number of nitrogen functional groups attached to an aromatic ring is 1. The molecule has 0 aliphatic rings. The first kappa shape index (κ1) is 22.6. The van der Waals surface area contributed by atoms with Crippen LogP contribution < -0.4 is 10.5 Å². The summed E-state index contributed by atoms with van der Waals surface area (Å²) in [4.78, 5) is 13.0. The largest absolute Gasteiger partial charge is 0.399 e. The van der Waals surface area contributed by atoms with Crippen molar-refractivity contribution < 1.29 is 13.2 Å². The highest BCUT2D eigenvalue weighted by molar-refractivity contribution is 7.90. The number of amides is 1. The van der Waals surface area contributed by atoms with E-state index in [-0.39, 0.29) is 22.0 Å². The summed E-state index contributed by atoms with van der Waals surface area (Å²) in [5, 5.41) is 4.68. The molecule has 0 saturated heterocycles. The number of nitrogens with zero attached hydrogens (tertiary/aromatic N) is 2. The maximum atomic E-state index is 13.1. The maximum absolute atomic E-state index is 13.1. The zero-order chi connectivity index (χ0) is 23.0. The number of hydrogen-bond acceptors (Lipinski definition) is 5. The number of aryl methyl sites for hydroxylation is 1. The van der Waals surface area contributed by atoms with Gasteiger partial charge in [0.05, 0.1) is 16.6 Å². The third-order valence-electron chi connectivity index (χ3n) is 5.14. The van der Waals surface area contributed by atoms with Gasteiger partial charge in [-0.3, -0.25) is 9.48 Å². The van der Waals surface area contributed by atoms with E-state index < -0.39 is 15.9 Å². The molecule has 1 heterocycles. The summed E-state index contributed by atoms with van der Waals surface area (Å²) in [5.74, 6) is -0.745. The Bertz CT molecular complexity index is 1220. The lowest BCUT2D eigenvalue weighted by atomic mass is 9.92. The third-order valence-corrected chi connectivity index (χ3v) is 6.47. The number of nitrogens with one attached hydrogen (secondary N) is 1. The van der Waals surface area contributed by atoms with E-state index >= 15 is 0 Å². The minimum atomic E-state index is -4.09. The second kappa shape index (κ2) is 8.19. The molecule has 0 aliphatic heterocycles. The Morgan fingerprint density at radius 3 is 2.39 bits per heavy atom. The number of carbonyl (C=O) groups excluding carboxylic acids is 1. The van der Waals surface area contributed by atoms with Gasteiger partial charge in [-0.15, -0.1) is 0 Å². The molecule has 0 fully saturated rings. The Morgan fingerprint density at radius 1 is 1.10 bits per heavy atom. The standard InChI is InChI=1S/C23H28N4O3S/c1-15-9-6-7-12-19(15)16(2)27-20(14-21(25-27)23(3,4)5)22(28)26-31(29,30)18-11-8-10-17(24)13-18/h6-14,16H,24H2,1-5H3,(H,26,28). The van der Waals surface area contributed by atoms with E-state index in [0.29, 0.717) is 11.4 Å². The molecule has 0 spiro atoms. The number of carbonyl (C=O) groups is 1. The van der Waals surface area contributed by atoms with Gasteiger partial charge in [-0.2, -0.15) is 5.10 Å². The van der Waals surface area contributed by atoms with Crippen molar-refractivity contribution in [3.05, 3.63) is 77.1 Å². The van der Waals surface area contributed by atoms with Gasteiger partial charge in [0.1, 0.15) is 5.69 Å². The molecule has 8 heteroatoms. The average Bonchev–Trinajstić information content (AvgIpc) is 3.14. The second-order valence-corrected chi connectivity index (χ2v) is 10.3. The molecule has 164 valence electrons. The number of hydrogen-bond donors (Lipinski definition) is 2. The molecule has 2 aromatic carbocycles. The predicted octanol–water partition coefficient (Wildman–Crippen LogP) is 3.80. The number of aromatic nitrogens is 2. The summed E-state index contributed by atoms with van der Waals surface area (Å²) in [6, 6.07) is 15.0. The van der Waals surface area contributed by atoms with Crippen LogP contribution in [0.15, 0.2) is 59.5 Å². The molecular formula is C23H28N4O3S. The summed E-state index contributed by atoms with van der Waals surface area (Å²) in [6.45, 7) is 9.89. The van der Waals surface area contributed by atoms with Crippen LogP contribution in [0.3, 0.4) is 0 Å². The average molecular weight is 441 g/mol. The zero-order valence-corrected chi connectivity index (χ0v) is 19.2. The Kier molecular flexibility index (Phi) is 5.96. The first-order valence-corrected chi connectivity index (χ1v) is 11.5. The predicted molar refractivity (Wildman–Crippen MR) is 121 cm³/mol. The van der Waals surface area contributed by atoms with Crippen molar-refractivity contribution in [3.8, 4) is 0 Å². The summed E-state index contributed by atoms with van der Waals surface area (Å²) >= 11 is 0. The summed E-state index contributed by atoms with van der Waals surface area (Å²) in [6.07, 6.45) is 0. The third kappa shape index (κ3) is 4.80. The molecule has 0 bridgehead atoms. The van der Waals surface area contributed by atoms with Crippen molar-refractivity contribution in [1.82, 2.24) is 14.5 Å². The monoisotopic (exact) mass is 440 g/mol. The van der Waals surface area contributed by atoms with Crippen LogP contribution in [0.4, 0.5) is 5.69 Å². The molecule has 0 radical (unpaired) electrons. The summed E-state index contributed by atoms with van der Waals surface area (Å²) in [7, 11) is -4.09. The Hall–Kier alpha value is -3.13. The van der Waals surface area contributed by atoms with Gasteiger partial charge in [0.15, 0.2) is 0 Å². The molecule has 7 nitrogen and oxygen atoms in total. The van der Waals surface area contributed by atoms with Gasteiger partial charge in [0.2, 0.25) is 0 Å². The van der Waals surface area contributed by atoms with Crippen LogP contribution >= 0.6 is 0 Å². The Balaban J connectivity index is 2.04. The number of sulfonamides is 1. The van der Waals surface area contributed by atoms with Gasteiger partial charge in [0, 0.05) is 11.1 Å². The second-order valence-electron chi connectivity index (χ2n) is 8.65. The van der Waals surface area contributed by atoms with Crippen LogP contribution in [0.1, 0.15) is 61.0 Å². The number of benzene rings is 2.